The van der Waals surface area contributed by atoms with E-state index in [1.807, 2.05) is 24.3 Å². The number of carbonyl (C=O) groups is 1. The van der Waals surface area contributed by atoms with Crippen LogP contribution in [0.15, 0.2) is 30.9 Å². The van der Waals surface area contributed by atoms with Crippen molar-refractivity contribution in [2.24, 2.45) is 5.92 Å². The van der Waals surface area contributed by atoms with E-state index in [2.05, 4.69) is 27.0 Å². The molecule has 1 aromatic heterocycles. The third-order valence-electron chi connectivity index (χ3n) is 3.88. The van der Waals surface area contributed by atoms with Gasteiger partial charge in [-0.1, -0.05) is 12.2 Å². The molecule has 1 aliphatic rings. The number of aryl methyl sites for hydroxylation is 1. The zero-order chi connectivity index (χ0) is 14.9. The fraction of sp³-hybridized carbons (Fsp3) is 0.625. The van der Waals surface area contributed by atoms with E-state index in [1.165, 1.54) is 6.42 Å². The minimum absolute atomic E-state index is 0.0673. The van der Waals surface area contributed by atoms with Crippen molar-refractivity contribution in [1.82, 2.24) is 19.8 Å². The summed E-state index contributed by atoms with van der Waals surface area (Å²) >= 11 is 0. The van der Waals surface area contributed by atoms with E-state index in [4.69, 9.17) is 0 Å². The highest BCUT2D eigenvalue weighted by Crippen LogP contribution is 2.19. The number of urea groups is 1. The summed E-state index contributed by atoms with van der Waals surface area (Å²) < 4.78 is 2.05. The van der Waals surface area contributed by atoms with Gasteiger partial charge in [0.15, 0.2) is 0 Å². The number of nitrogens with one attached hydrogen (secondary N) is 1. The molecule has 0 radical (unpaired) electrons. The molecule has 1 aromatic rings. The smallest absolute Gasteiger partial charge is 0.317 e. The lowest BCUT2D eigenvalue weighted by atomic mass is 9.94. The van der Waals surface area contributed by atoms with Crippen LogP contribution in [-0.4, -0.2) is 40.1 Å². The predicted octanol–water partition coefficient (Wildman–Crippen LogP) is 2.66. The Morgan fingerprint density at radius 1 is 1.48 bits per heavy atom. The maximum Gasteiger partial charge on any atom is 0.317 e. The van der Waals surface area contributed by atoms with Crippen LogP contribution in [0.5, 0.6) is 0 Å². The second-order valence-electron chi connectivity index (χ2n) is 5.59. The fourth-order valence-corrected chi connectivity index (χ4v) is 2.74. The molecular weight excluding hydrogens is 264 g/mol. The Hall–Kier alpha value is -1.78. The molecule has 1 heterocycles. The Morgan fingerprint density at radius 3 is 3.05 bits per heavy atom. The van der Waals surface area contributed by atoms with Gasteiger partial charge in [0, 0.05) is 38.6 Å². The molecule has 5 nitrogen and oxygen atoms in total. The standard InChI is InChI=1S/C16H26N4O/c1-2-18-16(21)20(13-15-7-4-3-5-8-15)11-6-10-19-12-9-17-14-19/h3-4,9,12,14-15H,2,5-8,10-11,13H2,1H3,(H,18,21). The Morgan fingerprint density at radius 2 is 2.38 bits per heavy atom. The molecule has 0 spiro atoms. The largest absolute Gasteiger partial charge is 0.338 e. The van der Waals surface area contributed by atoms with Crippen LogP contribution in [-0.2, 0) is 6.54 Å². The average molecular weight is 290 g/mol. The topological polar surface area (TPSA) is 50.2 Å². The molecule has 0 aromatic carbocycles. The Balaban J connectivity index is 1.82. The summed E-state index contributed by atoms with van der Waals surface area (Å²) in [5.41, 5.74) is 0. The number of carbonyl (C=O) groups excluding carboxylic acids is 1. The normalized spacial score (nSPS) is 17.7. The number of rotatable bonds is 7. The summed E-state index contributed by atoms with van der Waals surface area (Å²) in [7, 11) is 0. The monoisotopic (exact) mass is 290 g/mol. The van der Waals surface area contributed by atoms with E-state index in [1.54, 1.807) is 6.20 Å². The zero-order valence-electron chi connectivity index (χ0n) is 12.9. The van der Waals surface area contributed by atoms with Gasteiger partial charge in [0.25, 0.3) is 0 Å². The first-order chi connectivity index (χ1) is 10.3. The highest BCUT2D eigenvalue weighted by Gasteiger charge is 2.18. The van der Waals surface area contributed by atoms with Gasteiger partial charge in [-0.3, -0.25) is 0 Å². The molecular formula is C16H26N4O. The first kappa shape index (κ1) is 15.6. The summed E-state index contributed by atoms with van der Waals surface area (Å²) in [6.45, 7) is 5.21. The van der Waals surface area contributed by atoms with Crippen molar-refractivity contribution in [3.8, 4) is 0 Å². The van der Waals surface area contributed by atoms with Crippen molar-refractivity contribution < 1.29 is 4.79 Å². The SMILES string of the molecule is CCNC(=O)N(CCCn1ccnc1)CC1CC=CCC1. The van der Waals surface area contributed by atoms with E-state index < -0.39 is 0 Å². The van der Waals surface area contributed by atoms with Gasteiger partial charge in [-0.05, 0) is 38.5 Å². The predicted molar refractivity (Wildman–Crippen MR) is 84.0 cm³/mol. The fourth-order valence-electron chi connectivity index (χ4n) is 2.74. The Labute approximate surface area is 127 Å². The zero-order valence-corrected chi connectivity index (χ0v) is 12.9. The van der Waals surface area contributed by atoms with Gasteiger partial charge in [-0.15, -0.1) is 0 Å². The van der Waals surface area contributed by atoms with Crippen molar-refractivity contribution >= 4 is 6.03 Å². The summed E-state index contributed by atoms with van der Waals surface area (Å²) in [4.78, 5) is 18.2. The molecule has 1 atom stereocenters. The number of aromatic nitrogens is 2. The number of amides is 2. The van der Waals surface area contributed by atoms with Gasteiger partial charge in [0.1, 0.15) is 0 Å². The highest BCUT2D eigenvalue weighted by molar-refractivity contribution is 5.74. The molecule has 1 N–H and O–H groups in total. The van der Waals surface area contributed by atoms with E-state index in [-0.39, 0.29) is 6.03 Å². The molecule has 0 bridgehead atoms. The molecule has 1 aliphatic carbocycles. The summed E-state index contributed by atoms with van der Waals surface area (Å²) in [6.07, 6.45) is 14.4. The quantitative estimate of drug-likeness (QED) is 0.785. The van der Waals surface area contributed by atoms with Crippen LogP contribution in [0.3, 0.4) is 0 Å². The van der Waals surface area contributed by atoms with Gasteiger partial charge in [0.2, 0.25) is 0 Å². The third kappa shape index (κ3) is 5.25. The molecule has 0 aliphatic heterocycles. The molecule has 2 rings (SSSR count). The number of hydrogen-bond donors (Lipinski definition) is 1. The Kier molecular flexibility index (Phi) is 6.31. The van der Waals surface area contributed by atoms with Gasteiger partial charge >= 0.3 is 6.03 Å². The summed E-state index contributed by atoms with van der Waals surface area (Å²) in [5, 5.41) is 2.93. The minimum Gasteiger partial charge on any atom is -0.338 e. The molecule has 21 heavy (non-hydrogen) atoms. The van der Waals surface area contributed by atoms with Crippen LogP contribution in [0.1, 0.15) is 32.6 Å². The molecule has 2 amide bonds. The van der Waals surface area contributed by atoms with Crippen molar-refractivity contribution in [3.05, 3.63) is 30.9 Å². The second kappa shape index (κ2) is 8.49. The number of nitrogens with zero attached hydrogens (tertiary/aromatic N) is 3. The van der Waals surface area contributed by atoms with Crippen LogP contribution in [0.25, 0.3) is 0 Å². The van der Waals surface area contributed by atoms with Crippen LogP contribution >= 0.6 is 0 Å². The molecule has 5 heteroatoms. The lowest BCUT2D eigenvalue weighted by molar-refractivity contribution is 0.184. The summed E-state index contributed by atoms with van der Waals surface area (Å²) in [6, 6.07) is 0.0673. The van der Waals surface area contributed by atoms with Gasteiger partial charge in [0.05, 0.1) is 6.33 Å². The van der Waals surface area contributed by atoms with E-state index in [9.17, 15) is 4.79 Å². The highest BCUT2D eigenvalue weighted by atomic mass is 16.2. The van der Waals surface area contributed by atoms with Crippen LogP contribution in [0, 0.1) is 5.92 Å². The van der Waals surface area contributed by atoms with Crippen LogP contribution in [0.4, 0.5) is 4.79 Å². The van der Waals surface area contributed by atoms with Crippen LogP contribution < -0.4 is 5.32 Å². The maximum absolute atomic E-state index is 12.2. The average Bonchev–Trinajstić information content (AvgIpc) is 3.01. The lowest BCUT2D eigenvalue weighted by Crippen LogP contribution is -2.43. The van der Waals surface area contributed by atoms with E-state index in [0.717, 1.165) is 38.9 Å². The van der Waals surface area contributed by atoms with Gasteiger partial charge in [-0.2, -0.15) is 0 Å². The van der Waals surface area contributed by atoms with Crippen molar-refractivity contribution in [3.63, 3.8) is 0 Å². The third-order valence-corrected chi connectivity index (χ3v) is 3.88. The van der Waals surface area contributed by atoms with Crippen molar-refractivity contribution in [1.29, 1.82) is 0 Å². The van der Waals surface area contributed by atoms with Crippen LogP contribution in [0.2, 0.25) is 0 Å². The van der Waals surface area contributed by atoms with Gasteiger partial charge in [-0.25, -0.2) is 9.78 Å². The Bertz CT molecular complexity index is 441. The number of hydrogen-bond acceptors (Lipinski definition) is 2. The number of allylic oxidation sites excluding steroid dienone is 2. The molecule has 116 valence electrons. The van der Waals surface area contributed by atoms with Gasteiger partial charge < -0.3 is 14.8 Å². The van der Waals surface area contributed by atoms with E-state index in [0.29, 0.717) is 12.5 Å². The first-order valence-electron chi connectivity index (χ1n) is 7.93. The van der Waals surface area contributed by atoms with Crippen molar-refractivity contribution in [2.45, 2.75) is 39.2 Å². The molecule has 0 saturated carbocycles. The van der Waals surface area contributed by atoms with E-state index >= 15 is 0 Å². The summed E-state index contributed by atoms with van der Waals surface area (Å²) in [5.74, 6) is 0.603. The lowest BCUT2D eigenvalue weighted by Gasteiger charge is -2.28. The maximum atomic E-state index is 12.2. The molecule has 0 saturated heterocycles. The molecule has 1 unspecified atom stereocenters. The second-order valence-corrected chi connectivity index (χ2v) is 5.59. The van der Waals surface area contributed by atoms with Crippen molar-refractivity contribution in [2.75, 3.05) is 19.6 Å². The first-order valence-corrected chi connectivity index (χ1v) is 7.93. The minimum atomic E-state index is 0.0673. The number of imidazole rings is 1. The molecule has 0 fully saturated rings.